The van der Waals surface area contributed by atoms with E-state index < -0.39 is 0 Å². The normalized spacial score (nSPS) is 12.0. The van der Waals surface area contributed by atoms with Crippen molar-refractivity contribution in [3.63, 3.8) is 0 Å². The largest absolute Gasteiger partial charge is 0.184 e. The first-order valence-corrected chi connectivity index (χ1v) is 18.6. The molecule has 4 aromatic carbocycles. The number of halogens is 2. The Morgan fingerprint density at radius 1 is 0.568 bits per heavy atom. The molecule has 0 aromatic heterocycles. The molecule has 0 amide bonds. The number of benzene rings is 4. The van der Waals surface area contributed by atoms with E-state index in [0.29, 0.717) is 0 Å². The molecule has 4 aromatic rings. The van der Waals surface area contributed by atoms with Crippen LogP contribution in [0.2, 0.25) is 0 Å². The van der Waals surface area contributed by atoms with Crippen LogP contribution < -0.4 is 0 Å². The summed E-state index contributed by atoms with van der Waals surface area (Å²) in [6.07, 6.45) is 15.3. The smallest absolute Gasteiger partial charge is 0.171 e. The van der Waals surface area contributed by atoms with Crippen molar-refractivity contribution < 1.29 is 23.3 Å². The number of hydrogen-bond acceptors (Lipinski definition) is 0. The molecule has 0 nitrogen and oxygen atoms in total. The van der Waals surface area contributed by atoms with Gasteiger partial charge in [0.05, 0.1) is 0 Å². The van der Waals surface area contributed by atoms with Gasteiger partial charge in [-0.1, -0.05) is 76.2 Å². The van der Waals surface area contributed by atoms with E-state index in [9.17, 15) is 0 Å². The van der Waals surface area contributed by atoms with Crippen molar-refractivity contribution in [3.8, 4) is 0 Å². The molecule has 2 radical (unpaired) electrons. The standard InChI is InChI=1S/2C14H15.2C6H5.2ClH.Si.Zr/c2*1-3-12-7-5-8-13(10-12)14-9-4-6-11(14)2;2*1-2-4-6-5-3-1;;;;/h2*5,7-10H,3-4H2,1-2H3;2*1-5H;2*1H;;/q4*-1;;;;. The molecule has 0 spiro atoms. The van der Waals surface area contributed by atoms with Gasteiger partial charge in [-0.3, -0.25) is 12.2 Å². The molecular formula is C40H42Cl2SiZr-4. The van der Waals surface area contributed by atoms with Gasteiger partial charge in [0, 0.05) is 0 Å². The molecule has 4 heteroatoms. The SMILES string of the molecule is CCc1cccc(C2=CC[C-]=C2C)c1.CCc1cccc(C2=CC[C-]=C2C)c1.Cl.Cl.[Si]=[Zr].[c-]1ccccc1.[c-]1ccccc1. The second-order valence-electron chi connectivity index (χ2n) is 9.51. The molecule has 2 aliphatic carbocycles. The average Bonchev–Trinajstić information content (AvgIpc) is 3.72. The van der Waals surface area contributed by atoms with Crippen LogP contribution in [0.5, 0.6) is 0 Å². The maximum absolute atomic E-state index is 3.33. The molecule has 2 aliphatic rings. The monoisotopic (exact) mass is 710 g/mol. The molecule has 6 rings (SSSR count). The molecule has 0 fully saturated rings. The van der Waals surface area contributed by atoms with Gasteiger partial charge in [-0.25, -0.2) is 11.1 Å². The molecule has 0 N–H and O–H groups in total. The van der Waals surface area contributed by atoms with Gasteiger partial charge in [0.2, 0.25) is 0 Å². The third kappa shape index (κ3) is 15.5. The third-order valence-corrected chi connectivity index (χ3v) is 6.66. The quantitative estimate of drug-likeness (QED) is 0.146. The Bertz CT molecular complexity index is 1280. The van der Waals surface area contributed by atoms with E-state index in [1.54, 1.807) is 0 Å². The fourth-order valence-electron chi connectivity index (χ4n) is 4.38. The molecule has 0 atom stereocenters. The fraction of sp³-hybridized carbons (Fsp3) is 0.200. The van der Waals surface area contributed by atoms with E-state index in [4.69, 9.17) is 0 Å². The van der Waals surface area contributed by atoms with E-state index >= 15 is 0 Å². The summed E-state index contributed by atoms with van der Waals surface area (Å²) in [5.41, 5.74) is 10.8. The number of allylic oxidation sites excluding steroid dienone is 8. The Labute approximate surface area is 296 Å². The van der Waals surface area contributed by atoms with E-state index in [1.165, 1.54) is 67.9 Å². The van der Waals surface area contributed by atoms with Gasteiger partial charge in [0.1, 0.15) is 0 Å². The first-order chi connectivity index (χ1) is 20.6. The molecule has 228 valence electrons. The van der Waals surface area contributed by atoms with Gasteiger partial charge in [-0.15, -0.1) is 48.8 Å². The maximum atomic E-state index is 3.33. The van der Waals surface area contributed by atoms with Crippen molar-refractivity contribution in [2.45, 2.75) is 53.4 Å². The van der Waals surface area contributed by atoms with Crippen molar-refractivity contribution in [1.29, 1.82) is 0 Å². The van der Waals surface area contributed by atoms with Gasteiger partial charge >= 0.3 is 30.2 Å². The molecule has 0 unspecified atom stereocenters. The van der Waals surface area contributed by atoms with Gasteiger partial charge in [-0.2, -0.15) is 96.1 Å². The molecule has 0 saturated carbocycles. The zero-order valence-corrected chi connectivity index (χ0v) is 31.3. The van der Waals surface area contributed by atoms with Crippen molar-refractivity contribution in [3.05, 3.63) is 179 Å². The zero-order chi connectivity index (χ0) is 30.4. The van der Waals surface area contributed by atoms with Crippen LogP contribution in [0.1, 0.15) is 62.8 Å². The summed E-state index contributed by atoms with van der Waals surface area (Å²) >= 11 is 1.36. The predicted molar refractivity (Wildman–Crippen MR) is 192 cm³/mol. The van der Waals surface area contributed by atoms with Crippen LogP contribution in [0.4, 0.5) is 0 Å². The van der Waals surface area contributed by atoms with Crippen LogP contribution in [-0.2, 0) is 36.2 Å². The predicted octanol–water partition coefficient (Wildman–Crippen LogP) is 11.0. The topological polar surface area (TPSA) is 0 Å². The van der Waals surface area contributed by atoms with Crippen molar-refractivity contribution in [2.75, 3.05) is 0 Å². The fourth-order valence-corrected chi connectivity index (χ4v) is 4.38. The maximum Gasteiger partial charge on any atom is -0.171 e. The molecule has 0 aliphatic heterocycles. The molecular weight excluding hydrogens is 671 g/mol. The Morgan fingerprint density at radius 2 is 0.932 bits per heavy atom. The minimum Gasteiger partial charge on any atom is -0.184 e. The third-order valence-electron chi connectivity index (χ3n) is 6.66. The Kier molecular flexibility index (Phi) is 24.4. The summed E-state index contributed by atoms with van der Waals surface area (Å²) in [6, 6.07) is 42.6. The summed E-state index contributed by atoms with van der Waals surface area (Å²) in [5.74, 6) is 0. The molecule has 0 saturated heterocycles. The van der Waals surface area contributed by atoms with Crippen molar-refractivity contribution in [1.82, 2.24) is 0 Å². The van der Waals surface area contributed by atoms with Gasteiger partial charge < -0.3 is 0 Å². The summed E-state index contributed by atoms with van der Waals surface area (Å²) in [6.45, 7) is 11.7. The second-order valence-corrected chi connectivity index (χ2v) is 9.51. The summed E-state index contributed by atoms with van der Waals surface area (Å²) in [4.78, 5) is 0. The van der Waals surface area contributed by atoms with Crippen LogP contribution in [0.3, 0.4) is 0 Å². The average molecular weight is 713 g/mol. The van der Waals surface area contributed by atoms with Crippen LogP contribution in [0, 0.1) is 24.3 Å². The summed E-state index contributed by atoms with van der Waals surface area (Å²) < 4.78 is 0. The number of aryl methyl sites for hydroxylation is 2. The molecule has 44 heavy (non-hydrogen) atoms. The van der Waals surface area contributed by atoms with E-state index in [-0.39, 0.29) is 24.8 Å². The van der Waals surface area contributed by atoms with E-state index in [2.05, 4.69) is 120 Å². The van der Waals surface area contributed by atoms with Crippen LogP contribution >= 0.6 is 24.8 Å². The molecule has 0 heterocycles. The molecule has 0 bridgehead atoms. The van der Waals surface area contributed by atoms with Crippen LogP contribution in [0.25, 0.3) is 11.1 Å². The first kappa shape index (κ1) is 41.5. The first-order valence-electron chi connectivity index (χ1n) is 14.4. The Morgan fingerprint density at radius 3 is 1.16 bits per heavy atom. The van der Waals surface area contributed by atoms with Gasteiger partial charge in [0.15, 0.2) is 0 Å². The summed E-state index contributed by atoms with van der Waals surface area (Å²) in [7, 11) is 0. The van der Waals surface area contributed by atoms with E-state index in [1.807, 2.05) is 60.7 Å². The van der Waals surface area contributed by atoms with Gasteiger partial charge in [0.25, 0.3) is 0 Å². The minimum absolute atomic E-state index is 0. The minimum atomic E-state index is 0. The van der Waals surface area contributed by atoms with Crippen molar-refractivity contribution >= 4 is 42.8 Å². The Hall–Kier alpha value is -2.48. The van der Waals surface area contributed by atoms with Gasteiger partial charge in [-0.05, 0) is 24.0 Å². The number of hydrogen-bond donors (Lipinski definition) is 0. The van der Waals surface area contributed by atoms with Crippen LogP contribution in [0.15, 0.2) is 132 Å². The number of rotatable bonds is 4. The summed E-state index contributed by atoms with van der Waals surface area (Å²) in [5, 5.41) is 0. The van der Waals surface area contributed by atoms with Crippen molar-refractivity contribution in [2.24, 2.45) is 0 Å². The second kappa shape index (κ2) is 25.8. The Balaban J connectivity index is 0.000000576. The zero-order valence-electron chi connectivity index (χ0n) is 26.2. The van der Waals surface area contributed by atoms with Crippen LogP contribution in [-0.4, -0.2) is 6.88 Å². The van der Waals surface area contributed by atoms with E-state index in [0.717, 1.165) is 25.7 Å².